The molecule has 0 radical (unpaired) electrons. The number of methoxy groups -OCH3 is 1. The second-order valence-electron chi connectivity index (χ2n) is 6.65. The zero-order valence-corrected chi connectivity index (χ0v) is 16.7. The number of rotatable bonds is 7. The van der Waals surface area contributed by atoms with Crippen molar-refractivity contribution in [2.24, 2.45) is 0 Å². The summed E-state index contributed by atoms with van der Waals surface area (Å²) >= 11 is -0.382. The summed E-state index contributed by atoms with van der Waals surface area (Å²) in [5.41, 5.74) is -3.61. The number of nitrogens with zero attached hydrogens (tertiary/aromatic N) is 2. The molecule has 3 rings (SSSR count). The molecule has 0 aliphatic carbocycles. The molecule has 29 heavy (non-hydrogen) atoms. The molecule has 156 valence electrons. The molecule has 1 fully saturated rings. The summed E-state index contributed by atoms with van der Waals surface area (Å²) in [5.74, 6) is 0.145. The third-order valence-corrected chi connectivity index (χ3v) is 5.49. The highest BCUT2D eigenvalue weighted by molar-refractivity contribution is 8.00. The monoisotopic (exact) mass is 425 g/mol. The largest absolute Gasteiger partial charge is 0.497 e. The first kappa shape index (κ1) is 21.4. The maximum Gasteiger partial charge on any atom is 0.447 e. The van der Waals surface area contributed by atoms with Crippen LogP contribution in [0.4, 0.5) is 13.2 Å². The number of carbonyl (C=O) groups is 1. The number of hydrogen-bond acceptors (Lipinski definition) is 5. The molecule has 1 saturated heterocycles. The molecule has 1 atom stereocenters. The van der Waals surface area contributed by atoms with Gasteiger partial charge in [0.1, 0.15) is 10.8 Å². The lowest BCUT2D eigenvalue weighted by atomic mass is 10.0. The molecule has 1 aromatic carbocycles. The van der Waals surface area contributed by atoms with Crippen molar-refractivity contribution in [3.05, 3.63) is 53.7 Å². The Morgan fingerprint density at radius 1 is 1.28 bits per heavy atom. The number of hydrogen-bond donors (Lipinski definition) is 1. The smallest absolute Gasteiger partial charge is 0.447 e. The molecule has 1 aromatic heterocycles. The fourth-order valence-electron chi connectivity index (χ4n) is 3.40. The lowest BCUT2D eigenvalue weighted by Crippen LogP contribution is -2.37. The molecular formula is C20H22F3N3O2S. The first-order valence-electron chi connectivity index (χ1n) is 9.24. The number of benzene rings is 1. The molecule has 9 heteroatoms. The van der Waals surface area contributed by atoms with Gasteiger partial charge >= 0.3 is 5.51 Å². The summed E-state index contributed by atoms with van der Waals surface area (Å²) in [6.07, 6.45) is 3.39. The highest BCUT2D eigenvalue weighted by Crippen LogP contribution is 2.37. The predicted octanol–water partition coefficient (Wildman–Crippen LogP) is 4.27. The van der Waals surface area contributed by atoms with E-state index < -0.39 is 11.4 Å². The van der Waals surface area contributed by atoms with E-state index >= 15 is 0 Å². The Kier molecular flexibility index (Phi) is 7.02. The molecule has 0 spiro atoms. The standard InChI is InChI=1S/C20H22F3N3O2S/c1-28-15-7-4-6-14(12-15)17(26-10-2-3-11-26)13-25-18(27)16-8-5-9-24-19(16)29-20(21,22)23/h4-9,12,17H,2-3,10-11,13H2,1H3,(H,25,27). The molecule has 1 aliphatic rings. The number of alkyl halides is 3. The number of amides is 1. The van der Waals surface area contributed by atoms with Crippen LogP contribution in [0, 0.1) is 0 Å². The number of carbonyl (C=O) groups excluding carboxylic acids is 1. The Balaban J connectivity index is 1.77. The van der Waals surface area contributed by atoms with Crippen LogP contribution in [-0.4, -0.2) is 48.0 Å². The summed E-state index contributed by atoms with van der Waals surface area (Å²) in [7, 11) is 1.59. The van der Waals surface area contributed by atoms with Crippen LogP contribution < -0.4 is 10.1 Å². The lowest BCUT2D eigenvalue weighted by Gasteiger charge is -2.28. The number of halogens is 3. The summed E-state index contributed by atoms with van der Waals surface area (Å²) in [4.78, 5) is 18.6. The first-order valence-corrected chi connectivity index (χ1v) is 10.1. The summed E-state index contributed by atoms with van der Waals surface area (Å²) in [6.45, 7) is 2.08. The number of pyridine rings is 1. The number of nitrogens with one attached hydrogen (secondary N) is 1. The van der Waals surface area contributed by atoms with E-state index in [1.807, 2.05) is 24.3 Å². The van der Waals surface area contributed by atoms with Crippen molar-refractivity contribution in [3.8, 4) is 5.75 Å². The van der Waals surface area contributed by atoms with E-state index in [-0.39, 0.29) is 34.9 Å². The second kappa shape index (κ2) is 9.49. The van der Waals surface area contributed by atoms with Crippen molar-refractivity contribution < 1.29 is 22.7 Å². The van der Waals surface area contributed by atoms with Crippen molar-refractivity contribution in [2.75, 3.05) is 26.7 Å². The van der Waals surface area contributed by atoms with E-state index in [1.54, 1.807) is 7.11 Å². The minimum atomic E-state index is -4.51. The van der Waals surface area contributed by atoms with Gasteiger partial charge in [-0.3, -0.25) is 9.69 Å². The van der Waals surface area contributed by atoms with E-state index in [9.17, 15) is 18.0 Å². The van der Waals surface area contributed by atoms with Gasteiger partial charge in [-0.2, -0.15) is 13.2 Å². The van der Waals surface area contributed by atoms with Gasteiger partial charge in [-0.25, -0.2) is 4.98 Å². The first-order chi connectivity index (χ1) is 13.9. The Morgan fingerprint density at radius 2 is 2.03 bits per heavy atom. The van der Waals surface area contributed by atoms with Gasteiger partial charge in [0.25, 0.3) is 5.91 Å². The summed E-state index contributed by atoms with van der Waals surface area (Å²) < 4.78 is 43.6. The van der Waals surface area contributed by atoms with Gasteiger partial charge in [-0.15, -0.1) is 0 Å². The van der Waals surface area contributed by atoms with Gasteiger partial charge in [0, 0.05) is 24.5 Å². The number of thioether (sulfide) groups is 1. The van der Waals surface area contributed by atoms with E-state index in [1.165, 1.54) is 18.3 Å². The minimum absolute atomic E-state index is 0.0827. The van der Waals surface area contributed by atoms with Crippen LogP contribution in [0.2, 0.25) is 0 Å². The summed E-state index contributed by atoms with van der Waals surface area (Å²) in [6, 6.07) is 10.3. The van der Waals surface area contributed by atoms with Gasteiger partial charge in [0.05, 0.1) is 18.7 Å². The van der Waals surface area contributed by atoms with Crippen LogP contribution in [0.15, 0.2) is 47.6 Å². The van der Waals surface area contributed by atoms with Crippen LogP contribution >= 0.6 is 11.8 Å². The molecular weight excluding hydrogens is 403 g/mol. The van der Waals surface area contributed by atoms with Crippen molar-refractivity contribution >= 4 is 17.7 Å². The molecule has 5 nitrogen and oxygen atoms in total. The molecule has 1 amide bonds. The van der Waals surface area contributed by atoms with Crippen LogP contribution in [-0.2, 0) is 0 Å². The normalized spacial score (nSPS) is 15.9. The van der Waals surface area contributed by atoms with Gasteiger partial charge < -0.3 is 10.1 Å². The SMILES string of the molecule is COc1cccc(C(CNC(=O)c2cccnc2SC(F)(F)F)N2CCCC2)c1. The molecule has 1 N–H and O–H groups in total. The molecule has 2 aromatic rings. The Hall–Kier alpha value is -2.26. The third kappa shape index (κ3) is 5.86. The fraction of sp³-hybridized carbons (Fsp3) is 0.400. The highest BCUT2D eigenvalue weighted by Gasteiger charge is 2.32. The quantitative estimate of drug-likeness (QED) is 0.672. The van der Waals surface area contributed by atoms with E-state index in [2.05, 4.69) is 15.2 Å². The lowest BCUT2D eigenvalue weighted by molar-refractivity contribution is -0.0329. The van der Waals surface area contributed by atoms with Crippen molar-refractivity contribution in [1.82, 2.24) is 15.2 Å². The zero-order chi connectivity index (χ0) is 20.9. The maximum atomic E-state index is 12.8. The predicted molar refractivity (Wildman–Crippen MR) is 105 cm³/mol. The Labute approximate surface area is 171 Å². The van der Waals surface area contributed by atoms with Crippen molar-refractivity contribution in [1.29, 1.82) is 0 Å². The minimum Gasteiger partial charge on any atom is -0.497 e. The summed E-state index contributed by atoms with van der Waals surface area (Å²) in [5, 5.41) is 2.45. The number of ether oxygens (including phenoxy) is 1. The van der Waals surface area contributed by atoms with Gasteiger partial charge in [-0.05, 0) is 55.8 Å². The van der Waals surface area contributed by atoms with Crippen molar-refractivity contribution in [3.63, 3.8) is 0 Å². The van der Waals surface area contributed by atoms with Crippen LogP contribution in [0.25, 0.3) is 0 Å². The van der Waals surface area contributed by atoms with Gasteiger partial charge in [0.15, 0.2) is 0 Å². The molecule has 2 heterocycles. The Bertz CT molecular complexity index is 842. The number of aromatic nitrogens is 1. The maximum absolute atomic E-state index is 12.8. The van der Waals surface area contributed by atoms with Crippen LogP contribution in [0.3, 0.4) is 0 Å². The third-order valence-electron chi connectivity index (χ3n) is 4.74. The number of likely N-dealkylation sites (tertiary alicyclic amines) is 1. The molecule has 0 bridgehead atoms. The average molecular weight is 425 g/mol. The van der Waals surface area contributed by atoms with Crippen LogP contribution in [0.5, 0.6) is 5.75 Å². The highest BCUT2D eigenvalue weighted by atomic mass is 32.2. The van der Waals surface area contributed by atoms with Gasteiger partial charge in [-0.1, -0.05) is 12.1 Å². The second-order valence-corrected chi connectivity index (χ2v) is 7.70. The zero-order valence-electron chi connectivity index (χ0n) is 15.9. The van der Waals surface area contributed by atoms with E-state index in [0.29, 0.717) is 5.75 Å². The van der Waals surface area contributed by atoms with Gasteiger partial charge in [0.2, 0.25) is 0 Å². The molecule has 0 saturated carbocycles. The van der Waals surface area contributed by atoms with E-state index in [0.717, 1.165) is 31.5 Å². The van der Waals surface area contributed by atoms with E-state index in [4.69, 9.17) is 4.74 Å². The topological polar surface area (TPSA) is 54.5 Å². The average Bonchev–Trinajstić information content (AvgIpc) is 3.22. The Morgan fingerprint density at radius 3 is 2.72 bits per heavy atom. The molecule has 1 aliphatic heterocycles. The van der Waals surface area contributed by atoms with Crippen LogP contribution in [0.1, 0.15) is 34.8 Å². The molecule has 1 unspecified atom stereocenters. The van der Waals surface area contributed by atoms with Crippen molar-refractivity contribution in [2.45, 2.75) is 29.4 Å². The fourth-order valence-corrected chi connectivity index (χ4v) is 4.00.